The minimum absolute atomic E-state index is 0.171. The molecule has 0 aromatic carbocycles. The van der Waals surface area contributed by atoms with Crippen LogP contribution in [-0.4, -0.2) is 31.5 Å². The third kappa shape index (κ3) is 4.60. The van der Waals surface area contributed by atoms with Gasteiger partial charge in [0.2, 0.25) is 0 Å². The zero-order valence-corrected chi connectivity index (χ0v) is 8.99. The average molecular weight is 189 g/mol. The minimum atomic E-state index is -0.329. The van der Waals surface area contributed by atoms with Crippen molar-refractivity contribution in [3.05, 3.63) is 0 Å². The van der Waals surface area contributed by atoms with E-state index in [1.54, 1.807) is 7.11 Å². The second-order valence-corrected chi connectivity index (χ2v) is 3.71. The van der Waals surface area contributed by atoms with E-state index in [0.29, 0.717) is 13.2 Å². The molecule has 0 amide bonds. The highest BCUT2D eigenvalue weighted by Crippen LogP contribution is 2.17. The third-order valence-corrected chi connectivity index (χ3v) is 2.46. The fraction of sp³-hybridized carbons (Fsp3) is 1.00. The van der Waals surface area contributed by atoms with Crippen LogP contribution in [-0.2, 0) is 4.74 Å². The van der Waals surface area contributed by atoms with Crippen molar-refractivity contribution in [3.63, 3.8) is 0 Å². The first-order chi connectivity index (χ1) is 6.17. The van der Waals surface area contributed by atoms with E-state index in [1.165, 1.54) is 0 Å². The van der Waals surface area contributed by atoms with Crippen molar-refractivity contribution in [2.45, 2.75) is 32.8 Å². The normalized spacial score (nSPS) is 18.2. The van der Waals surface area contributed by atoms with Crippen molar-refractivity contribution in [2.75, 3.05) is 20.3 Å². The summed E-state index contributed by atoms with van der Waals surface area (Å²) < 4.78 is 5.00. The summed E-state index contributed by atoms with van der Waals surface area (Å²) in [5.41, 5.74) is 5.59. The Kier molecular flexibility index (Phi) is 7.23. The first-order valence-electron chi connectivity index (χ1n) is 5.04. The molecule has 0 aliphatic heterocycles. The molecule has 13 heavy (non-hydrogen) atoms. The van der Waals surface area contributed by atoms with Crippen LogP contribution in [0.3, 0.4) is 0 Å². The van der Waals surface area contributed by atoms with Gasteiger partial charge in [-0.3, -0.25) is 0 Å². The molecule has 0 aromatic heterocycles. The Bertz CT molecular complexity index is 119. The number of ether oxygens (including phenoxy) is 1. The molecule has 3 heteroatoms. The molecule has 0 saturated carbocycles. The van der Waals surface area contributed by atoms with Gasteiger partial charge in [0.25, 0.3) is 0 Å². The molecule has 3 N–H and O–H groups in total. The Morgan fingerprint density at radius 3 is 2.46 bits per heavy atom. The molecule has 0 aromatic rings. The summed E-state index contributed by atoms with van der Waals surface area (Å²) in [6.07, 6.45) is 1.73. The Morgan fingerprint density at radius 1 is 1.46 bits per heavy atom. The van der Waals surface area contributed by atoms with Crippen LogP contribution in [0, 0.1) is 11.8 Å². The van der Waals surface area contributed by atoms with E-state index < -0.39 is 0 Å². The van der Waals surface area contributed by atoms with Gasteiger partial charge in [0.05, 0.1) is 12.7 Å². The Labute approximate surface area is 81.3 Å². The van der Waals surface area contributed by atoms with E-state index in [1.807, 2.05) is 6.92 Å². The first kappa shape index (κ1) is 12.9. The standard InChI is InChI=1S/C10H23NO2/c1-4-5-9(6-11)10(12)8(2)7-13-3/h8-10,12H,4-7,11H2,1-3H3. The highest BCUT2D eigenvalue weighted by molar-refractivity contribution is 4.74. The molecule has 0 spiro atoms. The average Bonchev–Trinajstić information content (AvgIpc) is 2.13. The van der Waals surface area contributed by atoms with E-state index in [9.17, 15) is 5.11 Å². The molecule has 80 valence electrons. The van der Waals surface area contributed by atoms with Gasteiger partial charge in [0.1, 0.15) is 0 Å². The van der Waals surface area contributed by atoms with E-state index in [2.05, 4.69) is 6.92 Å². The van der Waals surface area contributed by atoms with Crippen LogP contribution in [0.2, 0.25) is 0 Å². The molecule has 0 saturated heterocycles. The number of hydrogen-bond acceptors (Lipinski definition) is 3. The molecule has 0 aliphatic rings. The number of aliphatic hydroxyl groups is 1. The first-order valence-corrected chi connectivity index (χ1v) is 5.04. The molecule has 3 unspecified atom stereocenters. The predicted molar refractivity (Wildman–Crippen MR) is 54.5 cm³/mol. The van der Waals surface area contributed by atoms with Crippen LogP contribution in [0.5, 0.6) is 0 Å². The number of aliphatic hydroxyl groups excluding tert-OH is 1. The number of nitrogens with two attached hydrogens (primary N) is 1. The summed E-state index contributed by atoms with van der Waals surface area (Å²) in [5, 5.41) is 9.88. The molecule has 0 radical (unpaired) electrons. The molecule has 0 bridgehead atoms. The maximum Gasteiger partial charge on any atom is 0.0627 e. The Balaban J connectivity index is 3.94. The van der Waals surface area contributed by atoms with E-state index >= 15 is 0 Å². The van der Waals surface area contributed by atoms with Crippen LogP contribution < -0.4 is 5.73 Å². The summed E-state index contributed by atoms with van der Waals surface area (Å²) in [5.74, 6) is 0.389. The van der Waals surface area contributed by atoms with Crippen LogP contribution in [0.25, 0.3) is 0 Å². The van der Waals surface area contributed by atoms with Gasteiger partial charge in [-0.2, -0.15) is 0 Å². The van der Waals surface area contributed by atoms with Crippen molar-refractivity contribution < 1.29 is 9.84 Å². The molecule has 3 nitrogen and oxygen atoms in total. The number of rotatable bonds is 7. The lowest BCUT2D eigenvalue weighted by Crippen LogP contribution is -2.34. The molecule has 0 aliphatic carbocycles. The van der Waals surface area contributed by atoms with Gasteiger partial charge in [-0.15, -0.1) is 0 Å². The topological polar surface area (TPSA) is 55.5 Å². The summed E-state index contributed by atoms with van der Waals surface area (Å²) >= 11 is 0. The van der Waals surface area contributed by atoms with Crippen LogP contribution in [0.15, 0.2) is 0 Å². The zero-order chi connectivity index (χ0) is 10.3. The number of methoxy groups -OCH3 is 1. The maximum atomic E-state index is 9.88. The van der Waals surface area contributed by atoms with Gasteiger partial charge in [0, 0.05) is 13.0 Å². The van der Waals surface area contributed by atoms with E-state index in [0.717, 1.165) is 12.8 Å². The summed E-state index contributed by atoms with van der Waals surface area (Å²) in [6, 6.07) is 0. The van der Waals surface area contributed by atoms with Crippen molar-refractivity contribution in [2.24, 2.45) is 17.6 Å². The second-order valence-electron chi connectivity index (χ2n) is 3.71. The Morgan fingerprint density at radius 2 is 2.08 bits per heavy atom. The fourth-order valence-corrected chi connectivity index (χ4v) is 1.62. The molecule has 3 atom stereocenters. The number of hydrogen-bond donors (Lipinski definition) is 2. The van der Waals surface area contributed by atoms with Crippen molar-refractivity contribution in [1.82, 2.24) is 0 Å². The van der Waals surface area contributed by atoms with E-state index in [4.69, 9.17) is 10.5 Å². The van der Waals surface area contributed by atoms with Crippen LogP contribution in [0.1, 0.15) is 26.7 Å². The van der Waals surface area contributed by atoms with Gasteiger partial charge in [-0.05, 0) is 18.9 Å². The summed E-state index contributed by atoms with van der Waals surface area (Å²) in [6.45, 7) is 5.26. The molecule has 0 heterocycles. The molecular formula is C10H23NO2. The van der Waals surface area contributed by atoms with Crippen LogP contribution in [0.4, 0.5) is 0 Å². The lowest BCUT2D eigenvalue weighted by Gasteiger charge is -2.25. The monoisotopic (exact) mass is 189 g/mol. The Hall–Kier alpha value is -0.120. The smallest absolute Gasteiger partial charge is 0.0627 e. The van der Waals surface area contributed by atoms with Gasteiger partial charge in [-0.25, -0.2) is 0 Å². The maximum absolute atomic E-state index is 9.88. The molecule has 0 rings (SSSR count). The highest BCUT2D eigenvalue weighted by atomic mass is 16.5. The van der Waals surface area contributed by atoms with E-state index in [-0.39, 0.29) is 17.9 Å². The summed E-state index contributed by atoms with van der Waals surface area (Å²) in [4.78, 5) is 0. The van der Waals surface area contributed by atoms with Crippen molar-refractivity contribution in [3.8, 4) is 0 Å². The largest absolute Gasteiger partial charge is 0.392 e. The second kappa shape index (κ2) is 7.30. The predicted octanol–water partition coefficient (Wildman–Crippen LogP) is 1.00. The van der Waals surface area contributed by atoms with Crippen LogP contribution >= 0.6 is 0 Å². The van der Waals surface area contributed by atoms with Gasteiger partial charge >= 0.3 is 0 Å². The van der Waals surface area contributed by atoms with Gasteiger partial charge in [0.15, 0.2) is 0 Å². The fourth-order valence-electron chi connectivity index (χ4n) is 1.62. The lowest BCUT2D eigenvalue weighted by atomic mass is 9.89. The minimum Gasteiger partial charge on any atom is -0.392 e. The third-order valence-electron chi connectivity index (χ3n) is 2.46. The highest BCUT2D eigenvalue weighted by Gasteiger charge is 2.22. The van der Waals surface area contributed by atoms with Crippen molar-refractivity contribution in [1.29, 1.82) is 0 Å². The molecule has 0 fully saturated rings. The lowest BCUT2D eigenvalue weighted by molar-refractivity contribution is 0.0181. The van der Waals surface area contributed by atoms with Gasteiger partial charge in [-0.1, -0.05) is 20.3 Å². The SMILES string of the molecule is CCCC(CN)C(O)C(C)COC. The zero-order valence-electron chi connectivity index (χ0n) is 8.99. The van der Waals surface area contributed by atoms with Crippen molar-refractivity contribution >= 4 is 0 Å². The summed E-state index contributed by atoms with van der Waals surface area (Å²) in [7, 11) is 1.65. The molecular weight excluding hydrogens is 166 g/mol. The van der Waals surface area contributed by atoms with Gasteiger partial charge < -0.3 is 15.6 Å². The quantitative estimate of drug-likeness (QED) is 0.628.